The second-order valence-electron chi connectivity index (χ2n) is 4.84. The summed E-state index contributed by atoms with van der Waals surface area (Å²) in [6, 6.07) is 5.98. The fraction of sp³-hybridized carbons (Fsp3) is 0.429. The molecule has 0 bridgehead atoms. The van der Waals surface area contributed by atoms with Crippen LogP contribution in [0.3, 0.4) is 0 Å². The van der Waals surface area contributed by atoms with Gasteiger partial charge in [0.05, 0.1) is 11.6 Å². The van der Waals surface area contributed by atoms with Gasteiger partial charge in [-0.25, -0.2) is 4.39 Å². The molecule has 0 aromatic heterocycles. The molecule has 1 aromatic carbocycles. The van der Waals surface area contributed by atoms with Gasteiger partial charge >= 0.3 is 0 Å². The smallest absolute Gasteiger partial charge is 0.237 e. The fourth-order valence-electron chi connectivity index (χ4n) is 2.25. The van der Waals surface area contributed by atoms with Crippen LogP contribution in [0.5, 0.6) is 0 Å². The van der Waals surface area contributed by atoms with E-state index in [4.69, 9.17) is 5.26 Å². The molecule has 0 radical (unpaired) electrons. The molecule has 1 amide bonds. The summed E-state index contributed by atoms with van der Waals surface area (Å²) in [5, 5.41) is 14.8. The second kappa shape index (κ2) is 5.81. The van der Waals surface area contributed by atoms with Crippen LogP contribution in [-0.2, 0) is 11.3 Å². The van der Waals surface area contributed by atoms with Gasteiger partial charge in [-0.2, -0.15) is 5.26 Å². The molecule has 1 aliphatic heterocycles. The summed E-state index contributed by atoms with van der Waals surface area (Å²) in [5.41, 5.74) is 0.823. The summed E-state index contributed by atoms with van der Waals surface area (Å²) in [5.74, 6) is -0.249. The molecular formula is C14H16FN3O. The van der Waals surface area contributed by atoms with Crippen molar-refractivity contribution in [3.05, 3.63) is 35.1 Å². The number of rotatable bonds is 3. The Balaban J connectivity index is 2.02. The van der Waals surface area contributed by atoms with Crippen molar-refractivity contribution in [1.29, 1.82) is 5.26 Å². The molecule has 5 heteroatoms. The molecule has 0 spiro atoms. The highest BCUT2D eigenvalue weighted by atomic mass is 19.1. The summed E-state index contributed by atoms with van der Waals surface area (Å²) < 4.78 is 13.2. The van der Waals surface area contributed by atoms with Crippen LogP contribution in [0.2, 0.25) is 0 Å². The highest BCUT2D eigenvalue weighted by Gasteiger charge is 2.27. The first kappa shape index (κ1) is 13.5. The van der Waals surface area contributed by atoms with Gasteiger partial charge < -0.3 is 10.6 Å². The Morgan fingerprint density at radius 2 is 2.37 bits per heavy atom. The van der Waals surface area contributed by atoms with Crippen molar-refractivity contribution in [3.63, 3.8) is 0 Å². The second-order valence-corrected chi connectivity index (χ2v) is 4.84. The molecule has 2 rings (SSSR count). The minimum absolute atomic E-state index is 0.00127. The molecule has 1 heterocycles. The first-order valence-electron chi connectivity index (χ1n) is 6.31. The van der Waals surface area contributed by atoms with Crippen LogP contribution >= 0.6 is 0 Å². The topological polar surface area (TPSA) is 64.9 Å². The average Bonchev–Trinajstić information content (AvgIpc) is 2.40. The van der Waals surface area contributed by atoms with Gasteiger partial charge in [-0.15, -0.1) is 0 Å². The Bertz CT molecular complexity index is 524. The van der Waals surface area contributed by atoms with E-state index in [1.165, 1.54) is 12.1 Å². The molecule has 0 unspecified atom stereocenters. The van der Waals surface area contributed by atoms with Gasteiger partial charge in [0, 0.05) is 13.1 Å². The molecule has 2 atom stereocenters. The zero-order valence-corrected chi connectivity index (χ0v) is 10.7. The third-order valence-electron chi connectivity index (χ3n) is 3.43. The maximum Gasteiger partial charge on any atom is 0.237 e. The highest BCUT2D eigenvalue weighted by molar-refractivity contribution is 5.82. The lowest BCUT2D eigenvalue weighted by molar-refractivity contribution is -0.126. The first-order valence-corrected chi connectivity index (χ1v) is 6.31. The third kappa shape index (κ3) is 3.09. The number of hydrogen-bond acceptors (Lipinski definition) is 3. The predicted molar refractivity (Wildman–Crippen MR) is 68.5 cm³/mol. The summed E-state index contributed by atoms with van der Waals surface area (Å²) in [6.45, 7) is 3.19. The van der Waals surface area contributed by atoms with Crippen LogP contribution in [0.25, 0.3) is 0 Å². The van der Waals surface area contributed by atoms with E-state index in [0.29, 0.717) is 13.1 Å². The maximum atomic E-state index is 13.2. The zero-order valence-electron chi connectivity index (χ0n) is 10.7. The van der Waals surface area contributed by atoms with E-state index in [-0.39, 0.29) is 23.4 Å². The van der Waals surface area contributed by atoms with Gasteiger partial charge in [0.15, 0.2) is 0 Å². The fourth-order valence-corrected chi connectivity index (χ4v) is 2.25. The quantitative estimate of drug-likeness (QED) is 0.862. The molecule has 2 N–H and O–H groups in total. The number of benzene rings is 1. The number of amides is 1. The molecule has 1 aliphatic rings. The monoisotopic (exact) mass is 261 g/mol. The Morgan fingerprint density at radius 3 is 3.05 bits per heavy atom. The number of hydrogen-bond donors (Lipinski definition) is 2. The van der Waals surface area contributed by atoms with Gasteiger partial charge in [0.1, 0.15) is 11.9 Å². The van der Waals surface area contributed by atoms with E-state index in [9.17, 15) is 9.18 Å². The van der Waals surface area contributed by atoms with Gasteiger partial charge in [0.2, 0.25) is 5.91 Å². The van der Waals surface area contributed by atoms with Crippen molar-refractivity contribution >= 4 is 5.91 Å². The third-order valence-corrected chi connectivity index (χ3v) is 3.43. The molecule has 19 heavy (non-hydrogen) atoms. The molecule has 0 saturated carbocycles. The Kier molecular flexibility index (Phi) is 4.13. The predicted octanol–water partition coefficient (Wildman–Crippen LogP) is 1.31. The molecular weight excluding hydrogens is 245 g/mol. The van der Waals surface area contributed by atoms with E-state index in [1.54, 1.807) is 6.07 Å². The number of nitrogens with one attached hydrogen (secondary N) is 2. The van der Waals surface area contributed by atoms with Crippen LogP contribution in [0.15, 0.2) is 18.2 Å². The lowest BCUT2D eigenvalue weighted by Crippen LogP contribution is -2.52. The van der Waals surface area contributed by atoms with Gasteiger partial charge in [-0.3, -0.25) is 4.79 Å². The largest absolute Gasteiger partial charge is 0.355 e. The minimum atomic E-state index is -0.518. The summed E-state index contributed by atoms with van der Waals surface area (Å²) >= 11 is 0. The molecule has 1 aromatic rings. The van der Waals surface area contributed by atoms with Crippen LogP contribution in [-0.4, -0.2) is 18.5 Å². The number of carbonyl (C=O) groups is 1. The maximum absolute atomic E-state index is 13.2. The minimum Gasteiger partial charge on any atom is -0.355 e. The number of nitrogens with zero attached hydrogens (tertiary/aromatic N) is 1. The van der Waals surface area contributed by atoms with Crippen molar-refractivity contribution in [2.24, 2.45) is 5.92 Å². The number of halogens is 1. The van der Waals surface area contributed by atoms with E-state index in [0.717, 1.165) is 12.0 Å². The van der Waals surface area contributed by atoms with Crippen LogP contribution in [0.4, 0.5) is 4.39 Å². The van der Waals surface area contributed by atoms with Crippen LogP contribution < -0.4 is 10.6 Å². The van der Waals surface area contributed by atoms with Gasteiger partial charge in [-0.1, -0.05) is 13.0 Å². The Labute approximate surface area is 111 Å². The SMILES string of the molecule is C[C@@H]1CCNC(=O)[C@@H]1NCc1ccc(F)c(C#N)c1. The summed E-state index contributed by atoms with van der Waals surface area (Å²) in [4.78, 5) is 11.7. The van der Waals surface area contributed by atoms with Crippen molar-refractivity contribution in [3.8, 4) is 6.07 Å². The number of nitriles is 1. The number of piperidine rings is 1. The van der Waals surface area contributed by atoms with Crippen LogP contribution in [0.1, 0.15) is 24.5 Å². The molecule has 4 nitrogen and oxygen atoms in total. The normalized spacial score (nSPS) is 22.7. The zero-order chi connectivity index (χ0) is 13.8. The summed E-state index contributed by atoms with van der Waals surface area (Å²) in [7, 11) is 0. The lowest BCUT2D eigenvalue weighted by atomic mass is 9.94. The first-order chi connectivity index (χ1) is 9.11. The summed E-state index contributed by atoms with van der Waals surface area (Å²) in [6.07, 6.45) is 0.941. The van der Waals surface area contributed by atoms with E-state index in [1.807, 2.05) is 13.0 Å². The lowest BCUT2D eigenvalue weighted by Gasteiger charge is -2.29. The Hall–Kier alpha value is -1.93. The van der Waals surface area contributed by atoms with Crippen molar-refractivity contribution in [1.82, 2.24) is 10.6 Å². The standard InChI is InChI=1S/C14H16FN3O/c1-9-4-5-17-14(19)13(9)18-8-10-2-3-12(15)11(6-10)7-16/h2-3,6,9,13,18H,4-5,8H2,1H3,(H,17,19)/t9-,13-/m1/s1. The van der Waals surface area contributed by atoms with Crippen molar-refractivity contribution in [2.45, 2.75) is 25.9 Å². The van der Waals surface area contributed by atoms with E-state index in [2.05, 4.69) is 10.6 Å². The van der Waals surface area contributed by atoms with Gasteiger partial charge in [-0.05, 0) is 30.0 Å². The molecule has 100 valence electrons. The Morgan fingerprint density at radius 1 is 1.58 bits per heavy atom. The van der Waals surface area contributed by atoms with E-state index < -0.39 is 5.82 Å². The van der Waals surface area contributed by atoms with Crippen molar-refractivity contribution < 1.29 is 9.18 Å². The van der Waals surface area contributed by atoms with Crippen LogP contribution in [0, 0.1) is 23.1 Å². The van der Waals surface area contributed by atoms with Crippen molar-refractivity contribution in [2.75, 3.05) is 6.54 Å². The highest BCUT2D eigenvalue weighted by Crippen LogP contribution is 2.14. The van der Waals surface area contributed by atoms with E-state index >= 15 is 0 Å². The van der Waals surface area contributed by atoms with Gasteiger partial charge in [0.25, 0.3) is 0 Å². The molecule has 1 saturated heterocycles. The average molecular weight is 261 g/mol. The number of carbonyl (C=O) groups excluding carboxylic acids is 1. The molecule has 1 fully saturated rings. The molecule has 0 aliphatic carbocycles.